The van der Waals surface area contributed by atoms with Gasteiger partial charge in [0, 0.05) is 35.6 Å². The molecule has 0 bridgehead atoms. The summed E-state index contributed by atoms with van der Waals surface area (Å²) in [5.41, 5.74) is 2.56. The van der Waals surface area contributed by atoms with Gasteiger partial charge in [0.1, 0.15) is 11.6 Å². The zero-order chi connectivity index (χ0) is 21.0. The molecule has 0 unspecified atom stereocenters. The number of amides is 1. The number of rotatable bonds is 4. The summed E-state index contributed by atoms with van der Waals surface area (Å²) in [6.07, 6.45) is 3.44. The zero-order valence-electron chi connectivity index (χ0n) is 17.3. The van der Waals surface area contributed by atoms with E-state index in [0.717, 1.165) is 11.4 Å². The van der Waals surface area contributed by atoms with E-state index in [1.54, 1.807) is 6.92 Å². The molecule has 0 spiro atoms. The van der Waals surface area contributed by atoms with Crippen LogP contribution in [0, 0.1) is 12.3 Å². The van der Waals surface area contributed by atoms with Gasteiger partial charge < -0.3 is 9.73 Å². The topological polar surface area (TPSA) is 101 Å². The van der Waals surface area contributed by atoms with Crippen LogP contribution in [0.5, 0.6) is 0 Å². The Morgan fingerprint density at radius 3 is 2.63 bits per heavy atom. The third kappa shape index (κ3) is 3.34. The first kappa shape index (κ1) is 18.8. The van der Waals surface area contributed by atoms with E-state index in [1.807, 2.05) is 38.1 Å². The van der Waals surface area contributed by atoms with Crippen molar-refractivity contribution in [2.24, 2.45) is 5.41 Å². The molecule has 0 aliphatic heterocycles. The fourth-order valence-electron chi connectivity index (χ4n) is 4.13. The van der Waals surface area contributed by atoms with Crippen LogP contribution in [-0.4, -0.2) is 26.9 Å². The molecule has 2 aromatic heterocycles. The molecule has 2 aliphatic rings. The third-order valence-corrected chi connectivity index (χ3v) is 5.85. The van der Waals surface area contributed by atoms with Gasteiger partial charge in [-0.2, -0.15) is 5.10 Å². The molecule has 5 rings (SSSR count). The van der Waals surface area contributed by atoms with Gasteiger partial charge in [-0.25, -0.2) is 4.98 Å². The molecular weight excluding hydrogens is 380 g/mol. The van der Waals surface area contributed by atoms with Crippen LogP contribution in [0.15, 0.2) is 28.7 Å². The monoisotopic (exact) mass is 404 g/mol. The molecule has 3 aromatic rings. The van der Waals surface area contributed by atoms with Gasteiger partial charge in [0.15, 0.2) is 17.4 Å². The number of nitrogens with one attached hydrogen (secondary N) is 2. The van der Waals surface area contributed by atoms with Gasteiger partial charge >= 0.3 is 0 Å². The first-order valence-corrected chi connectivity index (χ1v) is 10.3. The molecule has 0 atom stereocenters. The number of ketones is 1. The Bertz CT molecular complexity index is 1150. The van der Waals surface area contributed by atoms with E-state index in [4.69, 9.17) is 4.42 Å². The number of carbonyl (C=O) groups excluding carboxylic acids is 2. The van der Waals surface area contributed by atoms with E-state index in [0.29, 0.717) is 47.2 Å². The SMILES string of the molecule is Cc1c(C(=O)Nc2ccc(-c3n[nH]c(C4CC4)n3)cc2)oc2c1C(=O)CC(C)(C)C2. The van der Waals surface area contributed by atoms with Crippen LogP contribution >= 0.6 is 0 Å². The molecule has 1 saturated carbocycles. The van der Waals surface area contributed by atoms with Crippen molar-refractivity contribution in [1.29, 1.82) is 0 Å². The normalized spacial score (nSPS) is 17.6. The number of benzene rings is 1. The number of hydrogen-bond donors (Lipinski definition) is 2. The number of furan rings is 1. The van der Waals surface area contributed by atoms with E-state index < -0.39 is 0 Å². The Morgan fingerprint density at radius 1 is 1.20 bits per heavy atom. The van der Waals surface area contributed by atoms with Crippen molar-refractivity contribution in [3.05, 3.63) is 52.7 Å². The molecule has 30 heavy (non-hydrogen) atoms. The van der Waals surface area contributed by atoms with E-state index in [-0.39, 0.29) is 22.9 Å². The summed E-state index contributed by atoms with van der Waals surface area (Å²) in [6.45, 7) is 5.85. The van der Waals surface area contributed by atoms with Crippen LogP contribution in [0.4, 0.5) is 5.69 Å². The summed E-state index contributed by atoms with van der Waals surface area (Å²) in [6, 6.07) is 7.38. The minimum Gasteiger partial charge on any atom is -0.455 e. The molecule has 2 N–H and O–H groups in total. The van der Waals surface area contributed by atoms with E-state index in [1.165, 1.54) is 12.8 Å². The third-order valence-electron chi connectivity index (χ3n) is 5.85. The summed E-state index contributed by atoms with van der Waals surface area (Å²) in [5, 5.41) is 10.1. The highest BCUT2D eigenvalue weighted by Crippen LogP contribution is 2.39. The average molecular weight is 404 g/mol. The second kappa shape index (κ2) is 6.65. The zero-order valence-corrected chi connectivity index (χ0v) is 17.3. The Labute approximate surface area is 174 Å². The smallest absolute Gasteiger partial charge is 0.291 e. The van der Waals surface area contributed by atoms with Crippen molar-refractivity contribution >= 4 is 17.4 Å². The van der Waals surface area contributed by atoms with E-state index in [2.05, 4.69) is 20.5 Å². The lowest BCUT2D eigenvalue weighted by molar-refractivity contribution is 0.0898. The van der Waals surface area contributed by atoms with Crippen molar-refractivity contribution in [1.82, 2.24) is 15.2 Å². The fourth-order valence-corrected chi connectivity index (χ4v) is 4.13. The number of fused-ring (bicyclic) bond motifs is 1. The van der Waals surface area contributed by atoms with Gasteiger partial charge in [-0.1, -0.05) is 13.8 Å². The molecule has 7 heteroatoms. The summed E-state index contributed by atoms with van der Waals surface area (Å²) in [5.74, 6) is 2.63. The maximum absolute atomic E-state index is 12.8. The largest absolute Gasteiger partial charge is 0.455 e. The Hall–Kier alpha value is -3.22. The van der Waals surface area contributed by atoms with Crippen LogP contribution in [0.25, 0.3) is 11.4 Å². The highest BCUT2D eigenvalue weighted by molar-refractivity contribution is 6.07. The van der Waals surface area contributed by atoms with Crippen molar-refractivity contribution in [3.63, 3.8) is 0 Å². The highest BCUT2D eigenvalue weighted by atomic mass is 16.4. The first-order chi connectivity index (χ1) is 14.3. The van der Waals surface area contributed by atoms with Crippen LogP contribution in [0.3, 0.4) is 0 Å². The predicted molar refractivity (Wildman–Crippen MR) is 112 cm³/mol. The molecule has 0 saturated heterocycles. The number of anilines is 1. The molecule has 2 aliphatic carbocycles. The molecule has 154 valence electrons. The summed E-state index contributed by atoms with van der Waals surface area (Å²) < 4.78 is 5.84. The van der Waals surface area contributed by atoms with Crippen molar-refractivity contribution in [2.75, 3.05) is 5.32 Å². The van der Waals surface area contributed by atoms with Crippen molar-refractivity contribution in [3.8, 4) is 11.4 Å². The summed E-state index contributed by atoms with van der Waals surface area (Å²) >= 11 is 0. The van der Waals surface area contributed by atoms with Gasteiger partial charge in [0.05, 0.1) is 5.56 Å². The molecular formula is C23H24N4O3. The van der Waals surface area contributed by atoms with Crippen molar-refractivity contribution < 1.29 is 14.0 Å². The highest BCUT2D eigenvalue weighted by Gasteiger charge is 2.37. The maximum Gasteiger partial charge on any atom is 0.291 e. The second-order valence-electron chi connectivity index (χ2n) is 9.15. The van der Waals surface area contributed by atoms with E-state index in [9.17, 15) is 9.59 Å². The minimum atomic E-state index is -0.353. The van der Waals surface area contributed by atoms with E-state index >= 15 is 0 Å². The lowest BCUT2D eigenvalue weighted by Gasteiger charge is -2.27. The molecule has 0 radical (unpaired) electrons. The summed E-state index contributed by atoms with van der Waals surface area (Å²) in [7, 11) is 0. The molecule has 2 heterocycles. The molecule has 1 fully saturated rings. The lowest BCUT2D eigenvalue weighted by Crippen LogP contribution is -2.26. The number of nitrogens with zero attached hydrogens (tertiary/aromatic N) is 2. The predicted octanol–water partition coefficient (Wildman–Crippen LogP) is 4.66. The number of Topliss-reactive ketones (excluding diaryl/α,β-unsaturated/α-hetero) is 1. The molecule has 1 amide bonds. The number of aromatic amines is 1. The minimum absolute atomic E-state index is 0.0444. The van der Waals surface area contributed by atoms with Crippen LogP contribution < -0.4 is 5.32 Å². The molecule has 7 nitrogen and oxygen atoms in total. The lowest BCUT2D eigenvalue weighted by atomic mass is 9.76. The second-order valence-corrected chi connectivity index (χ2v) is 9.15. The van der Waals surface area contributed by atoms with Gasteiger partial charge in [0.25, 0.3) is 5.91 Å². The number of H-pyrrole nitrogens is 1. The maximum atomic E-state index is 12.8. The van der Waals surface area contributed by atoms with Crippen LogP contribution in [0.2, 0.25) is 0 Å². The Balaban J connectivity index is 1.34. The first-order valence-electron chi connectivity index (χ1n) is 10.3. The van der Waals surface area contributed by atoms with Gasteiger partial charge in [0.2, 0.25) is 0 Å². The average Bonchev–Trinajstić information content (AvgIpc) is 3.32. The fraction of sp³-hybridized carbons (Fsp3) is 0.391. The number of hydrogen-bond acceptors (Lipinski definition) is 5. The Morgan fingerprint density at radius 2 is 1.93 bits per heavy atom. The number of aromatic nitrogens is 3. The quantitative estimate of drug-likeness (QED) is 0.659. The Kier molecular flexibility index (Phi) is 4.17. The standard InChI is InChI=1S/C23H24N4O3/c1-12-18-16(28)10-23(2,3)11-17(18)30-19(12)22(29)24-15-8-6-14(7-9-15)21-25-20(26-27-21)13-4-5-13/h6-9,13H,4-5,10-11H2,1-3H3,(H,24,29)(H,25,26,27). The molecule has 1 aromatic carbocycles. The van der Waals surface area contributed by atoms with Gasteiger partial charge in [-0.15, -0.1) is 0 Å². The summed E-state index contributed by atoms with van der Waals surface area (Å²) in [4.78, 5) is 29.9. The van der Waals surface area contributed by atoms with Crippen molar-refractivity contribution in [2.45, 2.75) is 52.4 Å². The van der Waals surface area contributed by atoms with Gasteiger partial charge in [-0.3, -0.25) is 14.7 Å². The van der Waals surface area contributed by atoms with Crippen LogP contribution in [-0.2, 0) is 6.42 Å². The van der Waals surface area contributed by atoms with Crippen LogP contribution in [0.1, 0.15) is 77.1 Å². The number of carbonyl (C=O) groups is 2. The van der Waals surface area contributed by atoms with Gasteiger partial charge in [-0.05, 0) is 49.4 Å².